The fourth-order valence-electron chi connectivity index (χ4n) is 1.40. The molecule has 1 rings (SSSR count). The third-order valence-electron chi connectivity index (χ3n) is 2.15. The van der Waals surface area contributed by atoms with Gasteiger partial charge in [-0.1, -0.05) is 0 Å². The van der Waals surface area contributed by atoms with Crippen LogP contribution in [0.25, 0.3) is 0 Å². The average molecular weight is 263 g/mol. The van der Waals surface area contributed by atoms with E-state index in [0.29, 0.717) is 0 Å². The molecular weight excluding hydrogens is 251 g/mol. The van der Waals surface area contributed by atoms with Gasteiger partial charge in [-0.2, -0.15) is 13.2 Å². The summed E-state index contributed by atoms with van der Waals surface area (Å²) in [5.74, 6) is -0.841. The van der Waals surface area contributed by atoms with E-state index in [1.54, 1.807) is 0 Å². The largest absolute Gasteiger partial charge is 0.465 e. The molecule has 0 aliphatic heterocycles. The molecule has 0 unspecified atom stereocenters. The molecule has 0 atom stereocenters. The fraction of sp³-hybridized carbons (Fsp3) is 0.400. The van der Waals surface area contributed by atoms with Crippen LogP contribution >= 0.6 is 0 Å². The number of nitrogen functional groups attached to an aromatic ring is 1. The van der Waals surface area contributed by atoms with Crippen LogP contribution in [0.5, 0.6) is 0 Å². The number of ether oxygens (including phenoxy) is 1. The van der Waals surface area contributed by atoms with Crippen LogP contribution in [0.15, 0.2) is 12.3 Å². The molecule has 0 aliphatic carbocycles. The molecule has 1 aromatic rings. The lowest BCUT2D eigenvalue weighted by Crippen LogP contribution is -2.32. The number of aromatic nitrogens is 1. The van der Waals surface area contributed by atoms with Crippen LogP contribution in [-0.2, 0) is 4.74 Å². The van der Waals surface area contributed by atoms with Crippen LogP contribution in [-0.4, -0.2) is 37.8 Å². The predicted octanol–water partition coefficient (Wildman–Crippen LogP) is 1.45. The molecule has 0 spiro atoms. The zero-order valence-corrected chi connectivity index (χ0v) is 9.78. The minimum atomic E-state index is -4.38. The Balaban J connectivity index is 3.07. The number of alkyl halides is 3. The average Bonchev–Trinajstić information content (AvgIpc) is 2.26. The molecule has 8 heteroatoms. The third kappa shape index (κ3) is 3.25. The molecule has 0 amide bonds. The van der Waals surface area contributed by atoms with Crippen molar-refractivity contribution in [3.8, 4) is 0 Å². The van der Waals surface area contributed by atoms with Crippen molar-refractivity contribution in [2.45, 2.75) is 6.18 Å². The molecule has 0 saturated carbocycles. The Labute approximate surface area is 101 Å². The lowest BCUT2D eigenvalue weighted by atomic mass is 10.2. The Kier molecular flexibility index (Phi) is 4.00. The second kappa shape index (κ2) is 5.11. The van der Waals surface area contributed by atoms with Crippen molar-refractivity contribution >= 4 is 17.5 Å². The second-order valence-electron chi connectivity index (χ2n) is 3.56. The van der Waals surface area contributed by atoms with Crippen LogP contribution in [0.2, 0.25) is 0 Å². The van der Waals surface area contributed by atoms with E-state index < -0.39 is 18.7 Å². The third-order valence-corrected chi connectivity index (χ3v) is 2.15. The number of anilines is 2. The number of nitrogens with zero attached hydrogens (tertiary/aromatic N) is 2. The number of rotatable bonds is 3. The molecule has 0 bridgehead atoms. The molecule has 0 radical (unpaired) electrons. The van der Waals surface area contributed by atoms with Crippen molar-refractivity contribution in [1.29, 1.82) is 0 Å². The molecule has 0 fully saturated rings. The van der Waals surface area contributed by atoms with Crippen molar-refractivity contribution in [1.82, 2.24) is 4.98 Å². The van der Waals surface area contributed by atoms with E-state index in [9.17, 15) is 18.0 Å². The summed E-state index contributed by atoms with van der Waals surface area (Å²) in [5.41, 5.74) is 5.45. The molecule has 100 valence electrons. The molecule has 5 nitrogen and oxygen atoms in total. The zero-order valence-electron chi connectivity index (χ0n) is 9.78. The van der Waals surface area contributed by atoms with E-state index >= 15 is 0 Å². The molecular formula is C10H12F3N3O2. The van der Waals surface area contributed by atoms with Crippen LogP contribution in [0, 0.1) is 0 Å². The highest BCUT2D eigenvalue weighted by molar-refractivity contribution is 5.97. The van der Waals surface area contributed by atoms with Crippen LogP contribution < -0.4 is 10.6 Å². The molecule has 1 heterocycles. The topological polar surface area (TPSA) is 68.5 Å². The first-order valence-electron chi connectivity index (χ1n) is 4.87. The molecule has 0 aliphatic rings. The Morgan fingerprint density at radius 3 is 2.67 bits per heavy atom. The summed E-state index contributed by atoms with van der Waals surface area (Å²) in [6, 6.07) is 1.28. The number of pyridine rings is 1. The normalized spacial score (nSPS) is 11.2. The Morgan fingerprint density at radius 1 is 1.56 bits per heavy atom. The maximum Gasteiger partial charge on any atom is 0.405 e. The number of esters is 1. The smallest absolute Gasteiger partial charge is 0.405 e. The summed E-state index contributed by atoms with van der Waals surface area (Å²) in [6.07, 6.45) is -3.19. The van der Waals surface area contributed by atoms with Crippen LogP contribution in [0.3, 0.4) is 0 Å². The highest BCUT2D eigenvalue weighted by Gasteiger charge is 2.31. The summed E-state index contributed by atoms with van der Waals surface area (Å²) in [6.45, 7) is -1.21. The number of carbonyl (C=O) groups excluding carboxylic acids is 1. The quantitative estimate of drug-likeness (QED) is 0.836. The lowest BCUT2D eigenvalue weighted by molar-refractivity contribution is -0.119. The number of halogens is 3. The summed E-state index contributed by atoms with van der Waals surface area (Å²) < 4.78 is 41.2. The summed E-state index contributed by atoms with van der Waals surface area (Å²) in [7, 11) is 2.34. The number of carbonyl (C=O) groups is 1. The van der Waals surface area contributed by atoms with Crippen LogP contribution in [0.1, 0.15) is 10.4 Å². The molecule has 18 heavy (non-hydrogen) atoms. The van der Waals surface area contributed by atoms with Gasteiger partial charge in [0.1, 0.15) is 6.54 Å². The van der Waals surface area contributed by atoms with Gasteiger partial charge in [0.25, 0.3) is 0 Å². The van der Waals surface area contributed by atoms with E-state index in [1.165, 1.54) is 19.3 Å². The number of methoxy groups -OCH3 is 1. The monoisotopic (exact) mass is 263 g/mol. The van der Waals surface area contributed by atoms with E-state index in [4.69, 9.17) is 5.73 Å². The van der Waals surface area contributed by atoms with Gasteiger partial charge in [-0.3, -0.25) is 0 Å². The first kappa shape index (κ1) is 14.1. The summed E-state index contributed by atoms with van der Waals surface area (Å²) in [5, 5.41) is 0. The minimum absolute atomic E-state index is 0.0171. The number of hydrogen-bond donors (Lipinski definition) is 1. The summed E-state index contributed by atoms with van der Waals surface area (Å²) >= 11 is 0. The van der Waals surface area contributed by atoms with E-state index in [0.717, 1.165) is 12.0 Å². The van der Waals surface area contributed by atoms with Crippen molar-refractivity contribution in [2.24, 2.45) is 0 Å². The Bertz CT molecular complexity index is 448. The van der Waals surface area contributed by atoms with Gasteiger partial charge in [-0.05, 0) is 6.07 Å². The van der Waals surface area contributed by atoms with E-state index in [2.05, 4.69) is 9.72 Å². The van der Waals surface area contributed by atoms with Crippen molar-refractivity contribution in [2.75, 3.05) is 31.3 Å². The highest BCUT2D eigenvalue weighted by atomic mass is 19.4. The van der Waals surface area contributed by atoms with Crippen molar-refractivity contribution < 1.29 is 22.7 Å². The Hall–Kier alpha value is -1.99. The van der Waals surface area contributed by atoms with Gasteiger partial charge in [0, 0.05) is 13.2 Å². The zero-order chi connectivity index (χ0) is 13.9. The maximum absolute atomic E-state index is 12.2. The van der Waals surface area contributed by atoms with Gasteiger partial charge in [0.05, 0.1) is 18.4 Å². The first-order valence-corrected chi connectivity index (χ1v) is 4.87. The van der Waals surface area contributed by atoms with Crippen molar-refractivity contribution in [3.05, 3.63) is 17.8 Å². The number of hydrogen-bond acceptors (Lipinski definition) is 5. The van der Waals surface area contributed by atoms with Gasteiger partial charge < -0.3 is 15.4 Å². The first-order chi connectivity index (χ1) is 8.26. The second-order valence-corrected chi connectivity index (χ2v) is 3.56. The van der Waals surface area contributed by atoms with Gasteiger partial charge in [0.2, 0.25) is 0 Å². The standard InChI is InChI=1S/C10H12F3N3O2/c1-16(5-10(11,12)13)8-7(14)6(3-4-15-8)9(17)18-2/h3-4H,5,14H2,1-2H3. The minimum Gasteiger partial charge on any atom is -0.465 e. The molecule has 0 saturated heterocycles. The maximum atomic E-state index is 12.2. The SMILES string of the molecule is COC(=O)c1ccnc(N(C)CC(F)(F)F)c1N. The van der Waals surface area contributed by atoms with E-state index in [1.807, 2.05) is 0 Å². The van der Waals surface area contributed by atoms with Gasteiger partial charge in [-0.25, -0.2) is 9.78 Å². The Morgan fingerprint density at radius 2 is 2.17 bits per heavy atom. The molecule has 2 N–H and O–H groups in total. The molecule has 1 aromatic heterocycles. The molecule has 0 aromatic carbocycles. The number of nitrogens with two attached hydrogens (primary N) is 1. The van der Waals surface area contributed by atoms with E-state index in [-0.39, 0.29) is 17.1 Å². The highest BCUT2D eigenvalue weighted by Crippen LogP contribution is 2.26. The van der Waals surface area contributed by atoms with Gasteiger partial charge in [0.15, 0.2) is 5.82 Å². The lowest BCUT2D eigenvalue weighted by Gasteiger charge is -2.21. The van der Waals surface area contributed by atoms with Gasteiger partial charge in [-0.15, -0.1) is 0 Å². The summed E-state index contributed by atoms with van der Waals surface area (Å²) in [4.78, 5) is 15.9. The van der Waals surface area contributed by atoms with Crippen LogP contribution in [0.4, 0.5) is 24.7 Å². The predicted molar refractivity (Wildman–Crippen MR) is 59.3 cm³/mol. The van der Waals surface area contributed by atoms with Gasteiger partial charge >= 0.3 is 12.1 Å². The fourth-order valence-corrected chi connectivity index (χ4v) is 1.40. The van der Waals surface area contributed by atoms with Crippen molar-refractivity contribution in [3.63, 3.8) is 0 Å².